The van der Waals surface area contributed by atoms with Crippen LogP contribution < -0.4 is 10.5 Å². The second-order valence-corrected chi connectivity index (χ2v) is 5.60. The van der Waals surface area contributed by atoms with Gasteiger partial charge in [-0.05, 0) is 19.9 Å². The lowest BCUT2D eigenvalue weighted by Crippen LogP contribution is -2.27. The highest BCUT2D eigenvalue weighted by Gasteiger charge is 2.40. The number of rotatable bonds is 4. The summed E-state index contributed by atoms with van der Waals surface area (Å²) in [5.74, 6) is -2.02. The van der Waals surface area contributed by atoms with Crippen molar-refractivity contribution >= 4 is 11.7 Å². The molecule has 0 radical (unpaired) electrons. The number of nitro groups is 1. The molecule has 0 spiro atoms. The standard InChI is InChI=1S/C16H16N4O6/c1-3-25-16(22)13-12(9-6-8(20(23)24)4-5-10(9)21)11-7(2)18-19-15(11)26-14(13)17/h4-6,12,21H,3,17H2,1-2H3,(H,18,19). The Labute approximate surface area is 147 Å². The number of ether oxygens (including phenoxy) is 2. The lowest BCUT2D eigenvalue weighted by atomic mass is 9.83. The summed E-state index contributed by atoms with van der Waals surface area (Å²) in [5, 5.41) is 28.2. The first-order valence-corrected chi connectivity index (χ1v) is 7.71. The number of carbonyl (C=O) groups excluding carboxylic acids is 1. The number of fused-ring (bicyclic) bond motifs is 1. The summed E-state index contributed by atoms with van der Waals surface area (Å²) in [6.45, 7) is 3.42. The number of aromatic hydroxyl groups is 1. The van der Waals surface area contributed by atoms with Crippen LogP contribution in [0.5, 0.6) is 11.6 Å². The van der Waals surface area contributed by atoms with Crippen LogP contribution in [0.3, 0.4) is 0 Å². The topological polar surface area (TPSA) is 154 Å². The lowest BCUT2D eigenvalue weighted by molar-refractivity contribution is -0.384. The number of H-pyrrole nitrogens is 1. The molecule has 1 aromatic carbocycles. The molecular formula is C16H16N4O6. The molecule has 4 N–H and O–H groups in total. The Bertz CT molecular complexity index is 933. The molecule has 1 aliphatic heterocycles. The summed E-state index contributed by atoms with van der Waals surface area (Å²) in [5.41, 5.74) is 6.73. The molecule has 10 heteroatoms. The van der Waals surface area contributed by atoms with Gasteiger partial charge in [0.15, 0.2) is 0 Å². The number of carbonyl (C=O) groups is 1. The van der Waals surface area contributed by atoms with Crippen molar-refractivity contribution in [3.05, 3.63) is 56.6 Å². The molecule has 3 rings (SSSR count). The molecule has 1 atom stereocenters. The number of phenolic OH excluding ortho intramolecular Hbond substituents is 1. The highest BCUT2D eigenvalue weighted by Crippen LogP contribution is 2.46. The van der Waals surface area contributed by atoms with Crippen LogP contribution in [0.1, 0.15) is 29.7 Å². The zero-order valence-corrected chi connectivity index (χ0v) is 14.0. The maximum atomic E-state index is 12.5. The number of benzene rings is 1. The van der Waals surface area contributed by atoms with Crippen molar-refractivity contribution in [2.24, 2.45) is 5.73 Å². The second kappa shape index (κ2) is 6.39. The molecule has 1 aliphatic rings. The molecule has 2 heterocycles. The molecule has 2 aromatic rings. The molecule has 26 heavy (non-hydrogen) atoms. The number of non-ortho nitro benzene ring substituents is 1. The van der Waals surface area contributed by atoms with Gasteiger partial charge in [0.25, 0.3) is 5.69 Å². The number of aryl methyl sites for hydroxylation is 1. The van der Waals surface area contributed by atoms with Crippen molar-refractivity contribution in [2.75, 3.05) is 6.61 Å². The van der Waals surface area contributed by atoms with E-state index < -0.39 is 16.8 Å². The third-order valence-corrected chi connectivity index (χ3v) is 4.04. The van der Waals surface area contributed by atoms with Crippen molar-refractivity contribution < 1.29 is 24.3 Å². The zero-order valence-electron chi connectivity index (χ0n) is 14.0. The number of esters is 1. The van der Waals surface area contributed by atoms with E-state index in [0.29, 0.717) is 11.3 Å². The third kappa shape index (κ3) is 2.70. The Morgan fingerprint density at radius 1 is 1.54 bits per heavy atom. The van der Waals surface area contributed by atoms with Crippen molar-refractivity contribution in [1.29, 1.82) is 0 Å². The number of nitrogens with two attached hydrogens (primary N) is 1. The molecule has 0 aliphatic carbocycles. The number of phenols is 1. The normalized spacial score (nSPS) is 16.0. The van der Waals surface area contributed by atoms with Gasteiger partial charge in [0.05, 0.1) is 17.4 Å². The van der Waals surface area contributed by atoms with E-state index in [0.717, 1.165) is 0 Å². The first-order chi connectivity index (χ1) is 12.3. The summed E-state index contributed by atoms with van der Waals surface area (Å²) in [6.07, 6.45) is 0. The van der Waals surface area contributed by atoms with E-state index >= 15 is 0 Å². The molecule has 0 saturated heterocycles. The number of hydrogen-bond acceptors (Lipinski definition) is 8. The largest absolute Gasteiger partial charge is 0.508 e. The molecular weight excluding hydrogens is 344 g/mol. The molecule has 0 bridgehead atoms. The highest BCUT2D eigenvalue weighted by molar-refractivity contribution is 5.93. The summed E-state index contributed by atoms with van der Waals surface area (Å²) >= 11 is 0. The molecule has 1 unspecified atom stereocenters. The minimum atomic E-state index is -0.934. The van der Waals surface area contributed by atoms with E-state index in [4.69, 9.17) is 15.2 Å². The summed E-state index contributed by atoms with van der Waals surface area (Å²) in [7, 11) is 0. The number of aromatic nitrogens is 2. The SMILES string of the molecule is CCOC(=O)C1=C(N)Oc2n[nH]c(C)c2C1c1cc([N+](=O)[O-])ccc1O. The molecule has 10 nitrogen and oxygen atoms in total. The van der Waals surface area contributed by atoms with Crippen LogP contribution in [0.2, 0.25) is 0 Å². The number of nitrogens with zero attached hydrogens (tertiary/aromatic N) is 2. The van der Waals surface area contributed by atoms with Gasteiger partial charge in [0.1, 0.15) is 11.3 Å². The smallest absolute Gasteiger partial charge is 0.340 e. The number of nitrogens with one attached hydrogen (secondary N) is 1. The van der Waals surface area contributed by atoms with Gasteiger partial charge in [-0.25, -0.2) is 4.79 Å². The van der Waals surface area contributed by atoms with E-state index in [9.17, 15) is 20.0 Å². The van der Waals surface area contributed by atoms with Gasteiger partial charge in [0.2, 0.25) is 11.8 Å². The third-order valence-electron chi connectivity index (χ3n) is 4.04. The number of nitro benzene ring substituents is 1. The van der Waals surface area contributed by atoms with Gasteiger partial charge < -0.3 is 20.3 Å². The fraction of sp³-hybridized carbons (Fsp3) is 0.250. The summed E-state index contributed by atoms with van der Waals surface area (Å²) < 4.78 is 10.5. The van der Waals surface area contributed by atoms with Crippen LogP contribution in [0, 0.1) is 17.0 Å². The van der Waals surface area contributed by atoms with E-state index in [1.54, 1.807) is 13.8 Å². The van der Waals surface area contributed by atoms with Gasteiger partial charge in [-0.1, -0.05) is 0 Å². The Morgan fingerprint density at radius 3 is 2.92 bits per heavy atom. The molecule has 0 amide bonds. The van der Waals surface area contributed by atoms with E-state index in [-0.39, 0.29) is 40.9 Å². The Hall–Kier alpha value is -3.56. The fourth-order valence-electron chi connectivity index (χ4n) is 2.90. The summed E-state index contributed by atoms with van der Waals surface area (Å²) in [6, 6.07) is 3.55. The summed E-state index contributed by atoms with van der Waals surface area (Å²) in [4.78, 5) is 23.0. The van der Waals surface area contributed by atoms with Gasteiger partial charge in [-0.15, -0.1) is 5.10 Å². The average Bonchev–Trinajstić information content (AvgIpc) is 2.94. The van der Waals surface area contributed by atoms with Crippen molar-refractivity contribution in [1.82, 2.24) is 10.2 Å². The van der Waals surface area contributed by atoms with Crippen molar-refractivity contribution in [3.8, 4) is 11.6 Å². The minimum absolute atomic E-state index is 0.0559. The average molecular weight is 360 g/mol. The highest BCUT2D eigenvalue weighted by atomic mass is 16.6. The van der Waals surface area contributed by atoms with Crippen LogP contribution in [0.25, 0.3) is 0 Å². The van der Waals surface area contributed by atoms with Crippen LogP contribution in [0.4, 0.5) is 5.69 Å². The molecule has 1 aromatic heterocycles. The Kier molecular flexibility index (Phi) is 4.24. The van der Waals surface area contributed by atoms with Gasteiger partial charge in [-0.3, -0.25) is 15.2 Å². The van der Waals surface area contributed by atoms with Gasteiger partial charge >= 0.3 is 5.97 Å². The van der Waals surface area contributed by atoms with Crippen molar-refractivity contribution in [3.63, 3.8) is 0 Å². The Balaban J connectivity index is 2.27. The zero-order chi connectivity index (χ0) is 19.0. The van der Waals surface area contributed by atoms with Crippen molar-refractivity contribution in [2.45, 2.75) is 19.8 Å². The van der Waals surface area contributed by atoms with Gasteiger partial charge in [0, 0.05) is 29.0 Å². The quantitative estimate of drug-likeness (QED) is 0.422. The predicted octanol–water partition coefficient (Wildman–Crippen LogP) is 1.59. The number of hydrogen-bond donors (Lipinski definition) is 3. The van der Waals surface area contributed by atoms with Crippen LogP contribution in [-0.4, -0.2) is 32.8 Å². The second-order valence-electron chi connectivity index (χ2n) is 5.60. The monoisotopic (exact) mass is 360 g/mol. The van der Waals surface area contributed by atoms with Gasteiger partial charge in [-0.2, -0.15) is 0 Å². The van der Waals surface area contributed by atoms with Crippen LogP contribution in [-0.2, 0) is 9.53 Å². The molecule has 136 valence electrons. The first-order valence-electron chi connectivity index (χ1n) is 7.71. The van der Waals surface area contributed by atoms with E-state index in [1.165, 1.54) is 18.2 Å². The van der Waals surface area contributed by atoms with E-state index in [2.05, 4.69) is 10.2 Å². The Morgan fingerprint density at radius 2 is 2.27 bits per heavy atom. The maximum Gasteiger partial charge on any atom is 0.340 e. The number of aromatic amines is 1. The maximum absolute atomic E-state index is 12.5. The van der Waals surface area contributed by atoms with E-state index in [1.807, 2.05) is 0 Å². The minimum Gasteiger partial charge on any atom is -0.508 e. The van der Waals surface area contributed by atoms with Crippen LogP contribution in [0.15, 0.2) is 29.7 Å². The first kappa shape index (κ1) is 17.3. The van der Waals surface area contributed by atoms with Crippen LogP contribution >= 0.6 is 0 Å². The fourth-order valence-corrected chi connectivity index (χ4v) is 2.90. The lowest BCUT2D eigenvalue weighted by Gasteiger charge is -2.26. The predicted molar refractivity (Wildman–Crippen MR) is 88.4 cm³/mol. The molecule has 0 fully saturated rings. The molecule has 0 saturated carbocycles.